The molecule has 2 aliphatic rings. The Bertz CT molecular complexity index is 786. The third kappa shape index (κ3) is 3.35. The van der Waals surface area contributed by atoms with E-state index in [1.165, 1.54) is 11.1 Å². The molecule has 0 bridgehead atoms. The lowest BCUT2D eigenvalue weighted by atomic mass is 10.0. The molecule has 1 N–H and O–H groups in total. The second-order valence-corrected chi connectivity index (χ2v) is 6.86. The molecule has 2 amide bonds. The average molecular weight is 349 g/mol. The van der Waals surface area contributed by atoms with E-state index in [1.807, 2.05) is 41.3 Å². The van der Waals surface area contributed by atoms with E-state index in [-0.39, 0.29) is 11.8 Å². The Morgan fingerprint density at radius 3 is 2.15 bits per heavy atom. The predicted molar refractivity (Wildman–Crippen MR) is 102 cm³/mol. The normalized spacial score (nSPS) is 17.5. The van der Waals surface area contributed by atoms with Crippen LogP contribution in [0.4, 0.5) is 11.4 Å². The lowest BCUT2D eigenvalue weighted by molar-refractivity contribution is -0.121. The number of hydrogen-bond acceptors (Lipinski definition) is 3. The number of para-hydroxylation sites is 2. The number of benzene rings is 2. The van der Waals surface area contributed by atoms with Gasteiger partial charge >= 0.3 is 0 Å². The van der Waals surface area contributed by atoms with Gasteiger partial charge in [0.25, 0.3) is 0 Å². The van der Waals surface area contributed by atoms with Crippen LogP contribution in [0.1, 0.15) is 17.5 Å². The fraction of sp³-hybridized carbons (Fsp3) is 0.333. The Labute approximate surface area is 153 Å². The molecule has 1 saturated heterocycles. The average Bonchev–Trinajstić information content (AvgIpc) is 2.96. The number of nitrogens with zero attached hydrogens (tertiary/aromatic N) is 2. The maximum absolute atomic E-state index is 13.3. The van der Waals surface area contributed by atoms with E-state index >= 15 is 0 Å². The van der Waals surface area contributed by atoms with E-state index in [0.29, 0.717) is 32.6 Å². The van der Waals surface area contributed by atoms with Crippen LogP contribution in [0.25, 0.3) is 0 Å². The first-order valence-corrected chi connectivity index (χ1v) is 9.20. The highest BCUT2D eigenvalue weighted by Crippen LogP contribution is 2.36. The number of rotatable bonds is 2. The number of carbonyl (C=O) groups excluding carboxylic acids is 2. The van der Waals surface area contributed by atoms with Gasteiger partial charge in [0.15, 0.2) is 0 Å². The SMILES string of the molecule is O=C1CCN(CC(=O)N2c3ccccc3CCc3ccccc32)CCN1. The molecular formula is C21H23N3O2. The molecule has 1 fully saturated rings. The summed E-state index contributed by atoms with van der Waals surface area (Å²) >= 11 is 0. The van der Waals surface area contributed by atoms with Gasteiger partial charge in [0.1, 0.15) is 0 Å². The number of fused-ring (bicyclic) bond motifs is 2. The molecule has 0 radical (unpaired) electrons. The van der Waals surface area contributed by atoms with Gasteiger partial charge in [0.05, 0.1) is 17.9 Å². The highest BCUT2D eigenvalue weighted by atomic mass is 16.2. The van der Waals surface area contributed by atoms with Crippen molar-refractivity contribution in [2.75, 3.05) is 31.1 Å². The number of hydrogen-bond donors (Lipinski definition) is 1. The van der Waals surface area contributed by atoms with Crippen LogP contribution in [0.3, 0.4) is 0 Å². The van der Waals surface area contributed by atoms with Gasteiger partial charge in [0.2, 0.25) is 11.8 Å². The van der Waals surface area contributed by atoms with Crippen molar-refractivity contribution < 1.29 is 9.59 Å². The molecule has 134 valence electrons. The first-order valence-electron chi connectivity index (χ1n) is 9.20. The molecule has 0 saturated carbocycles. The van der Waals surface area contributed by atoms with E-state index in [2.05, 4.69) is 22.3 Å². The molecule has 0 aliphatic carbocycles. The van der Waals surface area contributed by atoms with Crippen molar-refractivity contribution in [1.82, 2.24) is 10.2 Å². The fourth-order valence-corrected chi connectivity index (χ4v) is 3.78. The molecule has 4 rings (SSSR count). The number of amides is 2. The van der Waals surface area contributed by atoms with Crippen LogP contribution >= 0.6 is 0 Å². The molecule has 2 aromatic carbocycles. The second kappa shape index (κ2) is 7.30. The molecular weight excluding hydrogens is 326 g/mol. The lowest BCUT2D eigenvalue weighted by Crippen LogP contribution is -2.40. The molecule has 0 spiro atoms. The molecule has 5 nitrogen and oxygen atoms in total. The van der Waals surface area contributed by atoms with Crippen molar-refractivity contribution in [2.24, 2.45) is 0 Å². The maximum Gasteiger partial charge on any atom is 0.245 e. The fourth-order valence-electron chi connectivity index (χ4n) is 3.78. The summed E-state index contributed by atoms with van der Waals surface area (Å²) in [4.78, 5) is 28.8. The minimum absolute atomic E-state index is 0.0566. The van der Waals surface area contributed by atoms with Crippen LogP contribution in [-0.2, 0) is 22.4 Å². The summed E-state index contributed by atoms with van der Waals surface area (Å²) in [6.45, 7) is 2.24. The van der Waals surface area contributed by atoms with Gasteiger partial charge in [-0.1, -0.05) is 36.4 Å². The van der Waals surface area contributed by atoms with Crippen molar-refractivity contribution in [3.05, 3.63) is 59.7 Å². The van der Waals surface area contributed by atoms with Gasteiger partial charge in [0, 0.05) is 26.1 Å². The van der Waals surface area contributed by atoms with Crippen molar-refractivity contribution in [1.29, 1.82) is 0 Å². The molecule has 26 heavy (non-hydrogen) atoms. The van der Waals surface area contributed by atoms with Crippen LogP contribution in [0.5, 0.6) is 0 Å². The van der Waals surface area contributed by atoms with E-state index in [0.717, 1.165) is 24.2 Å². The number of carbonyl (C=O) groups is 2. The summed E-state index contributed by atoms with van der Waals surface area (Å²) in [7, 11) is 0. The van der Waals surface area contributed by atoms with Crippen molar-refractivity contribution >= 4 is 23.2 Å². The quantitative estimate of drug-likeness (QED) is 0.905. The van der Waals surface area contributed by atoms with Gasteiger partial charge in [-0.15, -0.1) is 0 Å². The Balaban J connectivity index is 1.66. The highest BCUT2D eigenvalue weighted by Gasteiger charge is 2.27. The summed E-state index contributed by atoms with van der Waals surface area (Å²) < 4.78 is 0. The Hall–Kier alpha value is -2.66. The van der Waals surface area contributed by atoms with Crippen LogP contribution in [0, 0.1) is 0 Å². The summed E-state index contributed by atoms with van der Waals surface area (Å²) in [5.41, 5.74) is 4.35. The molecule has 0 atom stereocenters. The summed E-state index contributed by atoms with van der Waals surface area (Å²) in [5.74, 6) is 0.117. The van der Waals surface area contributed by atoms with Gasteiger partial charge in [-0.3, -0.25) is 19.4 Å². The van der Waals surface area contributed by atoms with E-state index in [1.54, 1.807) is 0 Å². The third-order valence-corrected chi connectivity index (χ3v) is 5.14. The third-order valence-electron chi connectivity index (χ3n) is 5.14. The summed E-state index contributed by atoms with van der Waals surface area (Å²) in [5, 5.41) is 2.86. The van der Waals surface area contributed by atoms with Crippen LogP contribution < -0.4 is 10.2 Å². The van der Waals surface area contributed by atoms with Gasteiger partial charge < -0.3 is 5.32 Å². The van der Waals surface area contributed by atoms with Gasteiger partial charge in [-0.2, -0.15) is 0 Å². The zero-order valence-electron chi connectivity index (χ0n) is 14.8. The first-order chi connectivity index (χ1) is 12.7. The molecule has 2 aliphatic heterocycles. The minimum atomic E-state index is 0.0566. The smallest absolute Gasteiger partial charge is 0.245 e. The van der Waals surface area contributed by atoms with Crippen LogP contribution in [0.15, 0.2) is 48.5 Å². The number of aryl methyl sites for hydroxylation is 2. The highest BCUT2D eigenvalue weighted by molar-refractivity contribution is 6.03. The Morgan fingerprint density at radius 1 is 0.885 bits per heavy atom. The molecule has 0 unspecified atom stereocenters. The molecule has 0 aromatic heterocycles. The largest absolute Gasteiger partial charge is 0.355 e. The molecule has 2 heterocycles. The van der Waals surface area contributed by atoms with Crippen LogP contribution in [0.2, 0.25) is 0 Å². The Morgan fingerprint density at radius 2 is 1.50 bits per heavy atom. The standard InChI is InChI=1S/C21H23N3O2/c25-20-11-13-23(14-12-22-20)15-21(26)24-18-7-3-1-5-16(18)9-10-17-6-2-4-8-19(17)24/h1-8H,9-15H2,(H,22,25). The van der Waals surface area contributed by atoms with E-state index in [9.17, 15) is 9.59 Å². The second-order valence-electron chi connectivity index (χ2n) is 6.86. The van der Waals surface area contributed by atoms with Gasteiger partial charge in [-0.05, 0) is 36.1 Å². The van der Waals surface area contributed by atoms with Crippen molar-refractivity contribution in [3.8, 4) is 0 Å². The molecule has 2 aromatic rings. The van der Waals surface area contributed by atoms with Crippen molar-refractivity contribution in [3.63, 3.8) is 0 Å². The minimum Gasteiger partial charge on any atom is -0.355 e. The Kier molecular flexibility index (Phi) is 4.71. The number of nitrogens with one attached hydrogen (secondary N) is 1. The van der Waals surface area contributed by atoms with Crippen LogP contribution in [-0.4, -0.2) is 42.9 Å². The molecule has 5 heteroatoms. The predicted octanol–water partition coefficient (Wildman–Crippen LogP) is 2.27. The zero-order valence-corrected chi connectivity index (χ0v) is 14.8. The maximum atomic E-state index is 13.3. The monoisotopic (exact) mass is 349 g/mol. The topological polar surface area (TPSA) is 52.7 Å². The van der Waals surface area contributed by atoms with E-state index in [4.69, 9.17) is 0 Å². The lowest BCUT2D eigenvalue weighted by Gasteiger charge is -2.28. The summed E-state index contributed by atoms with van der Waals surface area (Å²) in [6.07, 6.45) is 2.30. The van der Waals surface area contributed by atoms with E-state index < -0.39 is 0 Å². The first kappa shape index (κ1) is 16.8. The zero-order chi connectivity index (χ0) is 17.9. The van der Waals surface area contributed by atoms with Crippen molar-refractivity contribution in [2.45, 2.75) is 19.3 Å². The number of anilines is 2. The summed E-state index contributed by atoms with van der Waals surface area (Å²) in [6, 6.07) is 16.3. The van der Waals surface area contributed by atoms with Gasteiger partial charge in [-0.25, -0.2) is 0 Å².